The molecule has 0 bridgehead atoms. The van der Waals surface area contributed by atoms with Gasteiger partial charge in [-0.1, -0.05) is 35.9 Å². The standard InChI is InChI=1S/C21H23ClN4O/c1-16(21(27)24-20-5-3-2-4-18(20)14-23)26-12-10-25(11-13-26)15-17-6-8-19(22)9-7-17/h2-9,16H,10-13,15H2,1H3,(H,24,27)/p+2/t16-/m0/s1. The van der Waals surface area contributed by atoms with Crippen LogP contribution in [0, 0.1) is 11.3 Å². The maximum atomic E-state index is 12.6. The maximum absolute atomic E-state index is 12.6. The van der Waals surface area contributed by atoms with E-state index in [4.69, 9.17) is 16.9 Å². The van der Waals surface area contributed by atoms with Gasteiger partial charge in [0, 0.05) is 10.6 Å². The normalized spacial score (nSPS) is 20.5. The Morgan fingerprint density at radius 2 is 1.81 bits per heavy atom. The van der Waals surface area contributed by atoms with Gasteiger partial charge >= 0.3 is 0 Å². The molecule has 3 rings (SSSR count). The third kappa shape index (κ3) is 5.08. The van der Waals surface area contributed by atoms with Crippen LogP contribution in [0.15, 0.2) is 48.5 Å². The molecule has 2 aromatic rings. The number of nitrogens with zero attached hydrogens (tertiary/aromatic N) is 1. The summed E-state index contributed by atoms with van der Waals surface area (Å²) in [6, 6.07) is 17.1. The number of carbonyl (C=O) groups is 1. The van der Waals surface area contributed by atoms with Crippen molar-refractivity contribution >= 4 is 23.2 Å². The molecule has 2 aromatic carbocycles. The van der Waals surface area contributed by atoms with Crippen molar-refractivity contribution in [2.24, 2.45) is 0 Å². The summed E-state index contributed by atoms with van der Waals surface area (Å²) in [5.41, 5.74) is 2.37. The van der Waals surface area contributed by atoms with Crippen molar-refractivity contribution in [2.75, 3.05) is 31.5 Å². The largest absolute Gasteiger partial charge is 0.322 e. The van der Waals surface area contributed by atoms with Gasteiger partial charge in [-0.2, -0.15) is 5.26 Å². The lowest BCUT2D eigenvalue weighted by molar-refractivity contribution is -1.02. The SMILES string of the molecule is C[C@@H](C(=O)Nc1ccccc1C#N)[NH+]1CC[NH+](Cc2ccc(Cl)cc2)CC1. The summed E-state index contributed by atoms with van der Waals surface area (Å²) in [6.07, 6.45) is 0. The summed E-state index contributed by atoms with van der Waals surface area (Å²) in [7, 11) is 0. The molecule has 0 unspecified atom stereocenters. The van der Waals surface area contributed by atoms with Crippen molar-refractivity contribution in [3.63, 3.8) is 0 Å². The number of nitriles is 1. The van der Waals surface area contributed by atoms with Crippen LogP contribution >= 0.6 is 11.6 Å². The Balaban J connectivity index is 1.52. The van der Waals surface area contributed by atoms with E-state index in [1.165, 1.54) is 15.4 Å². The summed E-state index contributed by atoms with van der Waals surface area (Å²) in [5, 5.41) is 12.8. The molecular formula is C21H25ClN4O+2. The van der Waals surface area contributed by atoms with E-state index in [1.807, 2.05) is 25.1 Å². The molecule has 1 atom stereocenters. The average Bonchev–Trinajstić information content (AvgIpc) is 2.70. The van der Waals surface area contributed by atoms with Crippen LogP contribution in [0.3, 0.4) is 0 Å². The highest BCUT2D eigenvalue weighted by Crippen LogP contribution is 2.13. The second kappa shape index (κ2) is 9.01. The maximum Gasteiger partial charge on any atom is 0.282 e. The number of carbonyl (C=O) groups excluding carboxylic acids is 1. The van der Waals surface area contributed by atoms with Crippen LogP contribution in [0.4, 0.5) is 5.69 Å². The molecule has 1 aliphatic rings. The first kappa shape index (κ1) is 19.4. The van der Waals surface area contributed by atoms with E-state index in [1.54, 1.807) is 18.2 Å². The summed E-state index contributed by atoms with van der Waals surface area (Å²) in [4.78, 5) is 15.4. The zero-order valence-corrected chi connectivity index (χ0v) is 16.2. The monoisotopic (exact) mass is 384 g/mol. The average molecular weight is 385 g/mol. The van der Waals surface area contributed by atoms with Crippen molar-refractivity contribution in [3.05, 3.63) is 64.7 Å². The molecule has 6 heteroatoms. The smallest absolute Gasteiger partial charge is 0.282 e. The molecule has 0 aromatic heterocycles. The van der Waals surface area contributed by atoms with E-state index in [2.05, 4.69) is 23.5 Å². The fraction of sp³-hybridized carbons (Fsp3) is 0.333. The minimum atomic E-state index is -0.145. The Morgan fingerprint density at radius 1 is 1.15 bits per heavy atom. The molecule has 1 fully saturated rings. The van der Waals surface area contributed by atoms with Gasteiger partial charge in [-0.15, -0.1) is 0 Å². The van der Waals surface area contributed by atoms with Crippen molar-refractivity contribution in [3.8, 4) is 6.07 Å². The van der Waals surface area contributed by atoms with E-state index in [-0.39, 0.29) is 11.9 Å². The van der Waals surface area contributed by atoms with Crippen LogP contribution < -0.4 is 15.1 Å². The fourth-order valence-electron chi connectivity index (χ4n) is 3.54. The van der Waals surface area contributed by atoms with E-state index < -0.39 is 0 Å². The Labute approximate surface area is 165 Å². The lowest BCUT2D eigenvalue weighted by Crippen LogP contribution is -3.29. The molecule has 3 N–H and O–H groups in total. The second-order valence-electron chi connectivity index (χ2n) is 7.08. The molecule has 1 aliphatic heterocycles. The molecule has 1 saturated heterocycles. The lowest BCUT2D eigenvalue weighted by Gasteiger charge is -2.32. The van der Waals surface area contributed by atoms with Crippen molar-refractivity contribution in [1.82, 2.24) is 0 Å². The quantitative estimate of drug-likeness (QED) is 0.704. The first-order chi connectivity index (χ1) is 13.1. The predicted molar refractivity (Wildman–Crippen MR) is 106 cm³/mol. The fourth-order valence-corrected chi connectivity index (χ4v) is 3.67. The van der Waals surface area contributed by atoms with Crippen LogP contribution in [0.1, 0.15) is 18.1 Å². The molecule has 27 heavy (non-hydrogen) atoms. The van der Waals surface area contributed by atoms with Crippen molar-refractivity contribution in [1.29, 1.82) is 5.26 Å². The van der Waals surface area contributed by atoms with Crippen LogP contribution in [-0.4, -0.2) is 38.1 Å². The highest BCUT2D eigenvalue weighted by Gasteiger charge is 2.31. The van der Waals surface area contributed by atoms with Gasteiger partial charge in [0.2, 0.25) is 0 Å². The van der Waals surface area contributed by atoms with E-state index in [0.717, 1.165) is 37.7 Å². The molecular weight excluding hydrogens is 360 g/mol. The number of hydrogen-bond acceptors (Lipinski definition) is 2. The minimum Gasteiger partial charge on any atom is -0.322 e. The predicted octanol–water partition coefficient (Wildman–Crippen LogP) is 0.522. The van der Waals surface area contributed by atoms with Gasteiger partial charge in [0.05, 0.1) is 11.3 Å². The van der Waals surface area contributed by atoms with E-state index in [0.29, 0.717) is 11.3 Å². The molecule has 0 spiro atoms. The summed E-state index contributed by atoms with van der Waals surface area (Å²) < 4.78 is 0. The number of piperazine rings is 1. The minimum absolute atomic E-state index is 0.0335. The number of amides is 1. The number of rotatable bonds is 5. The van der Waals surface area contributed by atoms with Gasteiger partial charge in [0.15, 0.2) is 6.04 Å². The zero-order chi connectivity index (χ0) is 19.2. The van der Waals surface area contributed by atoms with Crippen molar-refractivity contribution < 1.29 is 14.6 Å². The van der Waals surface area contributed by atoms with Gasteiger partial charge < -0.3 is 15.1 Å². The lowest BCUT2D eigenvalue weighted by atomic mass is 10.1. The van der Waals surface area contributed by atoms with Gasteiger partial charge in [-0.3, -0.25) is 4.79 Å². The van der Waals surface area contributed by atoms with E-state index >= 15 is 0 Å². The number of nitrogens with one attached hydrogen (secondary N) is 3. The Morgan fingerprint density at radius 3 is 2.48 bits per heavy atom. The van der Waals surface area contributed by atoms with Crippen LogP contribution in [0.25, 0.3) is 0 Å². The third-order valence-corrected chi connectivity index (χ3v) is 5.53. The van der Waals surface area contributed by atoms with Crippen LogP contribution in [0.5, 0.6) is 0 Å². The topological polar surface area (TPSA) is 61.8 Å². The second-order valence-corrected chi connectivity index (χ2v) is 7.52. The number of halogens is 1. The van der Waals surface area contributed by atoms with Gasteiger partial charge in [-0.05, 0) is 31.2 Å². The summed E-state index contributed by atoms with van der Waals surface area (Å²) in [5.74, 6) is -0.0335. The molecule has 0 radical (unpaired) electrons. The van der Waals surface area contributed by atoms with Crippen LogP contribution in [0.2, 0.25) is 5.02 Å². The number of benzene rings is 2. The molecule has 140 valence electrons. The van der Waals surface area contributed by atoms with Crippen LogP contribution in [-0.2, 0) is 11.3 Å². The number of quaternary nitrogens is 2. The molecule has 1 amide bonds. The first-order valence-electron chi connectivity index (χ1n) is 9.29. The summed E-state index contributed by atoms with van der Waals surface area (Å²) in [6.45, 7) is 6.92. The van der Waals surface area contributed by atoms with E-state index in [9.17, 15) is 4.79 Å². The highest BCUT2D eigenvalue weighted by molar-refractivity contribution is 6.30. The molecule has 0 saturated carbocycles. The molecule has 5 nitrogen and oxygen atoms in total. The third-order valence-electron chi connectivity index (χ3n) is 5.28. The Kier molecular flexibility index (Phi) is 6.46. The molecule has 1 heterocycles. The number of anilines is 1. The zero-order valence-electron chi connectivity index (χ0n) is 15.5. The molecule has 0 aliphatic carbocycles. The van der Waals surface area contributed by atoms with Gasteiger partial charge in [0.25, 0.3) is 5.91 Å². The van der Waals surface area contributed by atoms with Gasteiger partial charge in [0.1, 0.15) is 38.8 Å². The number of hydrogen-bond donors (Lipinski definition) is 3. The van der Waals surface area contributed by atoms with Crippen molar-refractivity contribution in [2.45, 2.75) is 19.5 Å². The van der Waals surface area contributed by atoms with Gasteiger partial charge in [-0.25, -0.2) is 0 Å². The highest BCUT2D eigenvalue weighted by atomic mass is 35.5. The first-order valence-corrected chi connectivity index (χ1v) is 9.67. The number of para-hydroxylation sites is 1. The Hall–Kier alpha value is -2.39. The Bertz CT molecular complexity index is 823. The summed E-state index contributed by atoms with van der Waals surface area (Å²) >= 11 is 5.95.